The Kier molecular flexibility index (Phi) is 5.74. The summed E-state index contributed by atoms with van der Waals surface area (Å²) in [7, 11) is 6.91. The average molecular weight is 307 g/mol. The zero-order valence-electron chi connectivity index (χ0n) is 13.8. The number of methoxy groups -OCH3 is 2. The van der Waals surface area contributed by atoms with Crippen molar-refractivity contribution in [1.82, 2.24) is 14.8 Å². The quantitative estimate of drug-likeness (QED) is 0.781. The van der Waals surface area contributed by atoms with E-state index in [1.807, 2.05) is 18.2 Å². The number of nitrogens with zero attached hydrogens (tertiary/aromatic N) is 3. The van der Waals surface area contributed by atoms with Crippen LogP contribution in [0.5, 0.6) is 5.88 Å². The molecule has 0 unspecified atom stereocenters. The van der Waals surface area contributed by atoms with Gasteiger partial charge in [-0.3, -0.25) is 9.69 Å². The highest BCUT2D eigenvalue weighted by molar-refractivity contribution is 5.79. The number of likely N-dealkylation sites (tertiary alicyclic amines) is 1. The van der Waals surface area contributed by atoms with E-state index in [1.54, 1.807) is 33.2 Å². The molecule has 0 aromatic carbocycles. The summed E-state index contributed by atoms with van der Waals surface area (Å²) in [5, 5.41) is 0. The summed E-state index contributed by atoms with van der Waals surface area (Å²) < 4.78 is 10.4. The highest BCUT2D eigenvalue weighted by atomic mass is 16.5. The summed E-state index contributed by atoms with van der Waals surface area (Å²) in [6, 6.07) is 5.75. The maximum Gasteiger partial charge on any atom is 0.226 e. The van der Waals surface area contributed by atoms with Gasteiger partial charge in [0, 0.05) is 52.8 Å². The predicted molar refractivity (Wildman–Crippen MR) is 83.6 cm³/mol. The zero-order chi connectivity index (χ0) is 16.1. The monoisotopic (exact) mass is 307 g/mol. The molecule has 1 fully saturated rings. The first-order valence-corrected chi connectivity index (χ1v) is 7.47. The van der Waals surface area contributed by atoms with Crippen molar-refractivity contribution >= 4 is 5.91 Å². The van der Waals surface area contributed by atoms with Gasteiger partial charge in [-0.05, 0) is 6.07 Å². The van der Waals surface area contributed by atoms with E-state index in [-0.39, 0.29) is 17.7 Å². The van der Waals surface area contributed by atoms with Crippen molar-refractivity contribution in [1.29, 1.82) is 0 Å². The Hall–Kier alpha value is -1.66. The Morgan fingerprint density at radius 2 is 2.14 bits per heavy atom. The van der Waals surface area contributed by atoms with Gasteiger partial charge in [0.15, 0.2) is 0 Å². The summed E-state index contributed by atoms with van der Waals surface area (Å²) in [4.78, 5) is 20.7. The van der Waals surface area contributed by atoms with E-state index in [0.717, 1.165) is 18.8 Å². The minimum atomic E-state index is -0.0134. The van der Waals surface area contributed by atoms with Gasteiger partial charge in [-0.15, -0.1) is 0 Å². The molecule has 6 nitrogen and oxygen atoms in total. The van der Waals surface area contributed by atoms with E-state index < -0.39 is 0 Å². The van der Waals surface area contributed by atoms with E-state index in [0.29, 0.717) is 19.0 Å². The third-order valence-corrected chi connectivity index (χ3v) is 4.03. The van der Waals surface area contributed by atoms with E-state index in [4.69, 9.17) is 9.47 Å². The molecule has 2 rings (SSSR count). The number of carbonyl (C=O) groups is 1. The van der Waals surface area contributed by atoms with Crippen LogP contribution >= 0.6 is 0 Å². The lowest BCUT2D eigenvalue weighted by atomic mass is 9.96. The molecule has 1 aromatic rings. The van der Waals surface area contributed by atoms with Crippen molar-refractivity contribution in [2.24, 2.45) is 11.8 Å². The number of ether oxygens (including phenoxy) is 2. The Morgan fingerprint density at radius 1 is 1.36 bits per heavy atom. The molecule has 1 aliphatic heterocycles. The molecule has 2 heterocycles. The second-order valence-corrected chi connectivity index (χ2v) is 5.92. The van der Waals surface area contributed by atoms with E-state index >= 15 is 0 Å². The first-order valence-electron chi connectivity index (χ1n) is 7.47. The molecule has 0 aliphatic carbocycles. The average Bonchev–Trinajstić information content (AvgIpc) is 2.89. The van der Waals surface area contributed by atoms with Gasteiger partial charge in [-0.1, -0.05) is 6.07 Å². The van der Waals surface area contributed by atoms with E-state index in [1.165, 1.54) is 0 Å². The molecular formula is C16H25N3O3. The molecule has 6 heteroatoms. The lowest BCUT2D eigenvalue weighted by Gasteiger charge is -2.20. The number of rotatable bonds is 6. The largest absolute Gasteiger partial charge is 0.481 e. The predicted octanol–water partition coefficient (Wildman–Crippen LogP) is 0.873. The van der Waals surface area contributed by atoms with Gasteiger partial charge >= 0.3 is 0 Å². The number of hydrogen-bond acceptors (Lipinski definition) is 5. The van der Waals surface area contributed by atoms with Crippen LogP contribution in [0, 0.1) is 11.8 Å². The van der Waals surface area contributed by atoms with Crippen LogP contribution in [0.1, 0.15) is 5.69 Å². The highest BCUT2D eigenvalue weighted by Gasteiger charge is 2.38. The van der Waals surface area contributed by atoms with Gasteiger partial charge in [-0.2, -0.15) is 0 Å². The molecule has 0 spiro atoms. The van der Waals surface area contributed by atoms with Crippen molar-refractivity contribution in [2.45, 2.75) is 6.54 Å². The van der Waals surface area contributed by atoms with Crippen molar-refractivity contribution in [3.63, 3.8) is 0 Å². The summed E-state index contributed by atoms with van der Waals surface area (Å²) in [5.74, 6) is 1.00. The summed E-state index contributed by atoms with van der Waals surface area (Å²) in [5.41, 5.74) is 0.952. The van der Waals surface area contributed by atoms with Gasteiger partial charge < -0.3 is 14.4 Å². The number of carbonyl (C=O) groups excluding carboxylic acids is 1. The molecule has 0 N–H and O–H groups in total. The Bertz CT molecular complexity index is 507. The van der Waals surface area contributed by atoms with Crippen LogP contribution in [0.25, 0.3) is 0 Å². The normalized spacial score (nSPS) is 21.8. The SMILES string of the molecule is COC[C@@H]1CN(Cc2cccc(OC)n2)C[C@H]1C(=O)N(C)C. The van der Waals surface area contributed by atoms with E-state index in [2.05, 4.69) is 9.88 Å². The van der Waals surface area contributed by atoms with Gasteiger partial charge in [-0.25, -0.2) is 4.98 Å². The summed E-state index contributed by atoms with van der Waals surface area (Å²) >= 11 is 0. The number of aromatic nitrogens is 1. The number of hydrogen-bond donors (Lipinski definition) is 0. The fourth-order valence-corrected chi connectivity index (χ4v) is 2.97. The second kappa shape index (κ2) is 7.56. The first kappa shape index (κ1) is 16.7. The lowest BCUT2D eigenvalue weighted by Crippen LogP contribution is -2.35. The van der Waals surface area contributed by atoms with Gasteiger partial charge in [0.25, 0.3) is 0 Å². The molecule has 1 aliphatic rings. The Balaban J connectivity index is 2.05. The Morgan fingerprint density at radius 3 is 2.77 bits per heavy atom. The second-order valence-electron chi connectivity index (χ2n) is 5.92. The van der Waals surface area contributed by atoms with Crippen LogP contribution < -0.4 is 4.74 Å². The number of amides is 1. The van der Waals surface area contributed by atoms with Crippen molar-refractivity contribution in [3.8, 4) is 5.88 Å². The maximum atomic E-state index is 12.3. The smallest absolute Gasteiger partial charge is 0.226 e. The highest BCUT2D eigenvalue weighted by Crippen LogP contribution is 2.26. The van der Waals surface area contributed by atoms with Crippen molar-refractivity contribution < 1.29 is 14.3 Å². The first-order chi connectivity index (χ1) is 10.5. The van der Waals surface area contributed by atoms with Gasteiger partial charge in [0.1, 0.15) is 0 Å². The molecule has 1 amide bonds. The molecule has 0 bridgehead atoms. The van der Waals surface area contributed by atoms with Crippen LogP contribution in [0.2, 0.25) is 0 Å². The third-order valence-electron chi connectivity index (χ3n) is 4.03. The standard InChI is InChI=1S/C16H25N3O3/c1-18(2)16(20)14-10-19(8-12(14)11-21-3)9-13-6-5-7-15(17-13)22-4/h5-7,12,14H,8-11H2,1-4H3/t12-,14+/m0/s1. The summed E-state index contributed by atoms with van der Waals surface area (Å²) in [6.07, 6.45) is 0. The van der Waals surface area contributed by atoms with Crippen LogP contribution in [-0.2, 0) is 16.1 Å². The fourth-order valence-electron chi connectivity index (χ4n) is 2.97. The third kappa shape index (κ3) is 3.96. The Labute approximate surface area is 132 Å². The molecule has 2 atom stereocenters. The molecule has 122 valence electrons. The van der Waals surface area contributed by atoms with Gasteiger partial charge in [0.2, 0.25) is 11.8 Å². The minimum absolute atomic E-state index is 0.0134. The molecule has 0 radical (unpaired) electrons. The minimum Gasteiger partial charge on any atom is -0.481 e. The van der Waals surface area contributed by atoms with Crippen molar-refractivity contribution in [3.05, 3.63) is 23.9 Å². The van der Waals surface area contributed by atoms with Crippen LogP contribution in [0.3, 0.4) is 0 Å². The molecule has 1 aromatic heterocycles. The molecule has 1 saturated heterocycles. The topological polar surface area (TPSA) is 54.9 Å². The zero-order valence-corrected chi connectivity index (χ0v) is 13.8. The molecular weight excluding hydrogens is 282 g/mol. The maximum absolute atomic E-state index is 12.3. The van der Waals surface area contributed by atoms with Crippen LogP contribution in [0.15, 0.2) is 18.2 Å². The van der Waals surface area contributed by atoms with E-state index in [9.17, 15) is 4.79 Å². The van der Waals surface area contributed by atoms with Crippen LogP contribution in [-0.4, -0.2) is 68.7 Å². The molecule has 22 heavy (non-hydrogen) atoms. The lowest BCUT2D eigenvalue weighted by molar-refractivity contribution is -0.134. The fraction of sp³-hybridized carbons (Fsp3) is 0.625. The number of pyridine rings is 1. The van der Waals surface area contributed by atoms with Crippen molar-refractivity contribution in [2.75, 3.05) is 48.0 Å². The summed E-state index contributed by atoms with van der Waals surface area (Å²) in [6.45, 7) is 2.90. The van der Waals surface area contributed by atoms with Crippen LogP contribution in [0.4, 0.5) is 0 Å². The molecule has 0 saturated carbocycles. The van der Waals surface area contributed by atoms with Gasteiger partial charge in [0.05, 0.1) is 25.3 Å².